The maximum absolute atomic E-state index is 12.8. The van der Waals surface area contributed by atoms with Crippen molar-refractivity contribution in [3.05, 3.63) is 23.5 Å². The fraction of sp³-hybridized carbons (Fsp3) is 0.526. The summed E-state index contributed by atoms with van der Waals surface area (Å²) >= 11 is 0. The molecule has 2 saturated heterocycles. The lowest BCUT2D eigenvalue weighted by Crippen LogP contribution is -2.58. The number of hydrogen-bond acceptors (Lipinski definition) is 5. The molecule has 3 fully saturated rings. The van der Waals surface area contributed by atoms with Gasteiger partial charge >= 0.3 is 6.03 Å². The number of nitrogens with one attached hydrogen (secondary N) is 1. The van der Waals surface area contributed by atoms with Crippen molar-refractivity contribution < 1.29 is 18.8 Å². The minimum absolute atomic E-state index is 0.0440. The van der Waals surface area contributed by atoms with Crippen molar-refractivity contribution in [3.63, 3.8) is 0 Å². The fourth-order valence-corrected chi connectivity index (χ4v) is 4.01. The zero-order valence-electron chi connectivity index (χ0n) is 14.7. The molecule has 0 unspecified atom stereocenters. The van der Waals surface area contributed by atoms with E-state index in [0.717, 1.165) is 63.9 Å². The van der Waals surface area contributed by atoms with Crippen molar-refractivity contribution in [1.82, 2.24) is 10.2 Å². The summed E-state index contributed by atoms with van der Waals surface area (Å²) in [5.41, 5.74) is -0.0440. The van der Waals surface area contributed by atoms with Gasteiger partial charge in [-0.05, 0) is 37.8 Å². The number of carbonyl (C=O) groups is 3. The summed E-state index contributed by atoms with van der Waals surface area (Å²) < 4.78 is 5.79. The highest BCUT2D eigenvalue weighted by atomic mass is 16.4. The first kappa shape index (κ1) is 16.9. The van der Waals surface area contributed by atoms with E-state index >= 15 is 0 Å². The number of barbiturate groups is 1. The second-order valence-corrected chi connectivity index (χ2v) is 7.15. The smallest absolute Gasteiger partial charge is 0.331 e. The molecule has 0 aromatic carbocycles. The maximum Gasteiger partial charge on any atom is 0.331 e. The Balaban J connectivity index is 1.57. The van der Waals surface area contributed by atoms with Gasteiger partial charge in [-0.2, -0.15) is 0 Å². The Morgan fingerprint density at radius 2 is 1.73 bits per heavy atom. The quantitative estimate of drug-likeness (QED) is 0.664. The van der Waals surface area contributed by atoms with Gasteiger partial charge in [-0.1, -0.05) is 19.3 Å². The number of amides is 4. The number of carbonyl (C=O) groups excluding carboxylic acids is 3. The molecule has 0 spiro atoms. The number of rotatable bonds is 3. The third kappa shape index (κ3) is 3.13. The molecule has 3 heterocycles. The highest BCUT2D eigenvalue weighted by molar-refractivity contribution is 6.31. The van der Waals surface area contributed by atoms with Gasteiger partial charge in [0, 0.05) is 25.2 Å². The normalized spacial score (nSPS) is 23.8. The van der Waals surface area contributed by atoms with E-state index < -0.39 is 17.8 Å². The lowest BCUT2D eigenvalue weighted by molar-refractivity contribution is -0.132. The zero-order valence-corrected chi connectivity index (χ0v) is 14.7. The van der Waals surface area contributed by atoms with Gasteiger partial charge in [0.2, 0.25) is 0 Å². The molecule has 0 bridgehead atoms. The Hall–Kier alpha value is -2.57. The van der Waals surface area contributed by atoms with Crippen molar-refractivity contribution >= 4 is 29.8 Å². The fourth-order valence-electron chi connectivity index (χ4n) is 4.01. The molecule has 7 heteroatoms. The molecule has 26 heavy (non-hydrogen) atoms. The van der Waals surface area contributed by atoms with E-state index in [1.807, 2.05) is 6.07 Å². The van der Waals surface area contributed by atoms with E-state index in [1.165, 1.54) is 11.0 Å². The lowest BCUT2D eigenvalue weighted by atomic mass is 9.93. The topological polar surface area (TPSA) is 82.9 Å². The van der Waals surface area contributed by atoms with Gasteiger partial charge in [0.1, 0.15) is 11.3 Å². The Morgan fingerprint density at radius 1 is 1.00 bits per heavy atom. The summed E-state index contributed by atoms with van der Waals surface area (Å²) in [6, 6.07) is 2.86. The van der Waals surface area contributed by atoms with Crippen LogP contribution in [0.2, 0.25) is 0 Å². The molecule has 2 aliphatic heterocycles. The third-order valence-corrected chi connectivity index (χ3v) is 5.39. The molecule has 4 rings (SSSR count). The predicted octanol–water partition coefficient (Wildman–Crippen LogP) is 2.67. The molecule has 4 amide bonds. The van der Waals surface area contributed by atoms with Crippen LogP contribution in [0, 0.1) is 0 Å². The first-order valence-electron chi connectivity index (χ1n) is 9.39. The van der Waals surface area contributed by atoms with Gasteiger partial charge in [-0.3, -0.25) is 19.8 Å². The molecule has 1 aromatic heterocycles. The Bertz CT molecular complexity index is 755. The third-order valence-electron chi connectivity index (χ3n) is 5.39. The Labute approximate surface area is 152 Å². The van der Waals surface area contributed by atoms with Crippen LogP contribution in [0.5, 0.6) is 0 Å². The molecular formula is C19H23N3O4. The first-order valence-corrected chi connectivity index (χ1v) is 9.39. The van der Waals surface area contributed by atoms with Gasteiger partial charge in [0.25, 0.3) is 11.8 Å². The van der Waals surface area contributed by atoms with Crippen LogP contribution >= 0.6 is 0 Å². The van der Waals surface area contributed by atoms with Gasteiger partial charge in [0.15, 0.2) is 5.88 Å². The van der Waals surface area contributed by atoms with Crippen LogP contribution < -0.4 is 10.2 Å². The van der Waals surface area contributed by atoms with Crippen LogP contribution in [-0.2, 0) is 9.59 Å². The van der Waals surface area contributed by atoms with E-state index in [-0.39, 0.29) is 11.6 Å². The summed E-state index contributed by atoms with van der Waals surface area (Å²) in [5.74, 6) is 0.0116. The summed E-state index contributed by atoms with van der Waals surface area (Å²) in [4.78, 5) is 40.6. The molecule has 1 saturated carbocycles. The van der Waals surface area contributed by atoms with Crippen LogP contribution in [0.4, 0.5) is 10.7 Å². The van der Waals surface area contributed by atoms with Gasteiger partial charge in [-0.15, -0.1) is 0 Å². The van der Waals surface area contributed by atoms with Gasteiger partial charge in [0.05, 0.1) is 0 Å². The molecule has 3 aliphatic rings. The summed E-state index contributed by atoms with van der Waals surface area (Å²) in [5, 5.41) is 2.30. The molecule has 0 radical (unpaired) electrons. The number of hydrogen-bond donors (Lipinski definition) is 1. The molecule has 0 atom stereocenters. The van der Waals surface area contributed by atoms with E-state index in [2.05, 4.69) is 10.2 Å². The number of anilines is 1. The standard InChI is InChI=1S/C19H23N3O4/c23-17-15(12-14-8-9-16(26-14)21-10-4-5-11-21)18(24)22(19(25)20-17)13-6-2-1-3-7-13/h8-9,12-13H,1-7,10-11H2,(H,20,23,25). The van der Waals surface area contributed by atoms with Crippen LogP contribution in [0.3, 0.4) is 0 Å². The van der Waals surface area contributed by atoms with Crippen LogP contribution in [0.15, 0.2) is 22.1 Å². The first-order chi connectivity index (χ1) is 12.6. The minimum atomic E-state index is -0.661. The molecule has 138 valence electrons. The predicted molar refractivity (Wildman–Crippen MR) is 95.4 cm³/mol. The minimum Gasteiger partial charge on any atom is -0.441 e. The van der Waals surface area contributed by atoms with Gasteiger partial charge in [-0.25, -0.2) is 4.79 Å². The van der Waals surface area contributed by atoms with Crippen LogP contribution in [0.25, 0.3) is 6.08 Å². The molecule has 1 N–H and O–H groups in total. The largest absolute Gasteiger partial charge is 0.441 e. The number of imide groups is 2. The molecule has 1 aliphatic carbocycles. The highest BCUT2D eigenvalue weighted by Crippen LogP contribution is 2.28. The Kier molecular flexibility index (Phi) is 4.53. The van der Waals surface area contributed by atoms with E-state index in [1.54, 1.807) is 6.07 Å². The van der Waals surface area contributed by atoms with Crippen molar-refractivity contribution in [2.24, 2.45) is 0 Å². The number of furan rings is 1. The Morgan fingerprint density at radius 3 is 2.46 bits per heavy atom. The summed E-state index contributed by atoms with van der Waals surface area (Å²) in [6.07, 6.45) is 8.40. The summed E-state index contributed by atoms with van der Waals surface area (Å²) in [7, 11) is 0. The van der Waals surface area contributed by atoms with Crippen molar-refractivity contribution in [1.29, 1.82) is 0 Å². The van der Waals surface area contributed by atoms with Crippen molar-refractivity contribution in [3.8, 4) is 0 Å². The zero-order chi connectivity index (χ0) is 18.1. The number of urea groups is 1. The monoisotopic (exact) mass is 357 g/mol. The van der Waals surface area contributed by atoms with Crippen LogP contribution in [0.1, 0.15) is 50.7 Å². The molecular weight excluding hydrogens is 334 g/mol. The SMILES string of the molecule is O=C1NC(=O)N(C2CCCCC2)C(=O)C1=Cc1ccc(N2CCCC2)o1. The summed E-state index contributed by atoms with van der Waals surface area (Å²) in [6.45, 7) is 1.90. The van der Waals surface area contributed by atoms with Crippen molar-refractivity contribution in [2.75, 3.05) is 18.0 Å². The van der Waals surface area contributed by atoms with E-state index in [4.69, 9.17) is 4.42 Å². The maximum atomic E-state index is 12.8. The number of nitrogens with zero attached hydrogens (tertiary/aromatic N) is 2. The molecule has 7 nitrogen and oxygen atoms in total. The van der Waals surface area contributed by atoms with Gasteiger partial charge < -0.3 is 9.32 Å². The highest BCUT2D eigenvalue weighted by Gasteiger charge is 2.40. The lowest BCUT2D eigenvalue weighted by Gasteiger charge is -2.35. The average molecular weight is 357 g/mol. The second-order valence-electron chi connectivity index (χ2n) is 7.15. The van der Waals surface area contributed by atoms with Crippen LogP contribution in [-0.4, -0.2) is 41.9 Å². The molecule has 1 aromatic rings. The van der Waals surface area contributed by atoms with E-state index in [0.29, 0.717) is 5.76 Å². The second kappa shape index (κ2) is 6.97. The van der Waals surface area contributed by atoms with E-state index in [9.17, 15) is 14.4 Å². The van der Waals surface area contributed by atoms with Crippen molar-refractivity contribution in [2.45, 2.75) is 51.0 Å². The average Bonchev–Trinajstić information content (AvgIpc) is 3.31.